The highest BCUT2D eigenvalue weighted by Crippen LogP contribution is 2.60. The number of aromatic hydroxyl groups is 1. The van der Waals surface area contributed by atoms with Gasteiger partial charge in [-0.15, -0.1) is 10.2 Å². The minimum Gasteiger partial charge on any atom is -0.507 e. The summed E-state index contributed by atoms with van der Waals surface area (Å²) < 4.78 is 0. The van der Waals surface area contributed by atoms with E-state index < -0.39 is 0 Å². The molecule has 3 aromatic rings. The molecule has 2 aromatic heterocycles. The summed E-state index contributed by atoms with van der Waals surface area (Å²) in [5, 5.41) is 22.4. The molecule has 6 heteroatoms. The zero-order valence-electron chi connectivity index (χ0n) is 16.2. The van der Waals surface area contributed by atoms with Crippen molar-refractivity contribution < 1.29 is 5.11 Å². The first-order chi connectivity index (χ1) is 13.4. The van der Waals surface area contributed by atoms with Crippen LogP contribution in [-0.2, 0) is 0 Å². The zero-order chi connectivity index (χ0) is 19.4. The van der Waals surface area contributed by atoms with Gasteiger partial charge in [0.05, 0.1) is 11.8 Å². The number of aromatic nitrogens is 4. The number of hydrogen-bond acceptors (Lipinski definition) is 6. The zero-order valence-corrected chi connectivity index (χ0v) is 17.0. The van der Waals surface area contributed by atoms with Crippen LogP contribution in [0.25, 0.3) is 22.2 Å². The minimum atomic E-state index is 0.146. The third-order valence-corrected chi connectivity index (χ3v) is 7.55. The Kier molecular flexibility index (Phi) is 4.09. The van der Waals surface area contributed by atoms with E-state index in [0.717, 1.165) is 15.8 Å². The van der Waals surface area contributed by atoms with Gasteiger partial charge in [-0.05, 0) is 66.5 Å². The molecule has 0 radical (unpaired) electrons. The number of nitrogens with zero attached hydrogens (tertiary/aromatic N) is 4. The largest absolute Gasteiger partial charge is 0.507 e. The van der Waals surface area contributed by atoms with Crippen molar-refractivity contribution in [3.8, 4) is 17.1 Å². The molecule has 2 aliphatic carbocycles. The first-order valence-electron chi connectivity index (χ1n) is 9.85. The third kappa shape index (κ3) is 3.24. The van der Waals surface area contributed by atoms with Crippen LogP contribution in [-0.4, -0.2) is 30.5 Å². The van der Waals surface area contributed by atoms with Crippen molar-refractivity contribution in [2.75, 3.05) is 0 Å². The maximum absolute atomic E-state index is 10.4. The highest BCUT2D eigenvalue weighted by Gasteiger charge is 2.49. The second kappa shape index (κ2) is 6.41. The molecule has 0 saturated heterocycles. The average Bonchev–Trinajstić information content (AvgIpc) is 2.89. The van der Waals surface area contributed by atoms with Gasteiger partial charge in [-0.3, -0.25) is 4.98 Å². The lowest BCUT2D eigenvalue weighted by molar-refractivity contribution is 0.177. The predicted octanol–water partition coefficient (Wildman–Crippen LogP) is 5.24. The summed E-state index contributed by atoms with van der Waals surface area (Å²) in [6, 6.07) is 5.49. The maximum atomic E-state index is 10.4. The first kappa shape index (κ1) is 17.9. The van der Waals surface area contributed by atoms with Crippen LogP contribution < -0.4 is 0 Å². The molecule has 1 aromatic carbocycles. The van der Waals surface area contributed by atoms with Crippen LogP contribution in [0, 0.1) is 10.8 Å². The van der Waals surface area contributed by atoms with Gasteiger partial charge in [0.1, 0.15) is 10.8 Å². The Balaban J connectivity index is 1.37. The minimum absolute atomic E-state index is 0.146. The van der Waals surface area contributed by atoms with Crippen molar-refractivity contribution in [3.05, 3.63) is 36.8 Å². The fraction of sp³-hybridized carbons (Fsp3) is 0.455. The van der Waals surface area contributed by atoms with Crippen LogP contribution in [0.2, 0.25) is 0 Å². The van der Waals surface area contributed by atoms with E-state index in [9.17, 15) is 5.11 Å². The number of hydrogen-bond donors (Lipinski definition) is 1. The van der Waals surface area contributed by atoms with Gasteiger partial charge in [-0.25, -0.2) is 4.98 Å². The van der Waals surface area contributed by atoms with Gasteiger partial charge in [-0.1, -0.05) is 25.6 Å². The van der Waals surface area contributed by atoms with Crippen LogP contribution in [0.3, 0.4) is 0 Å². The highest BCUT2D eigenvalue weighted by molar-refractivity contribution is 7.99. The first-order valence-corrected chi connectivity index (χ1v) is 10.7. The van der Waals surface area contributed by atoms with Crippen molar-refractivity contribution in [3.63, 3.8) is 0 Å². The molecule has 0 aliphatic heterocycles. The lowest BCUT2D eigenvalue weighted by Crippen LogP contribution is -2.31. The second-order valence-electron chi connectivity index (χ2n) is 9.16. The molecule has 28 heavy (non-hydrogen) atoms. The number of thioether (sulfide) groups is 1. The number of pyridine rings is 1. The summed E-state index contributed by atoms with van der Waals surface area (Å²) in [6.07, 6.45) is 11.8. The number of phenols is 1. The molecule has 1 N–H and O–H groups in total. The van der Waals surface area contributed by atoms with E-state index >= 15 is 0 Å². The Morgan fingerprint density at radius 1 is 1.04 bits per heavy atom. The molecule has 3 atom stereocenters. The van der Waals surface area contributed by atoms with Crippen LogP contribution >= 0.6 is 11.8 Å². The lowest BCUT2D eigenvalue weighted by Gasteiger charge is -2.39. The van der Waals surface area contributed by atoms with E-state index in [-0.39, 0.29) is 5.75 Å². The van der Waals surface area contributed by atoms with Crippen molar-refractivity contribution in [1.29, 1.82) is 0 Å². The molecule has 2 heterocycles. The number of rotatable bonds is 3. The van der Waals surface area contributed by atoms with Gasteiger partial charge >= 0.3 is 0 Å². The van der Waals surface area contributed by atoms with Gasteiger partial charge in [0.25, 0.3) is 0 Å². The quantitative estimate of drug-likeness (QED) is 0.657. The fourth-order valence-corrected chi connectivity index (χ4v) is 6.84. The van der Waals surface area contributed by atoms with Gasteiger partial charge in [-0.2, -0.15) is 0 Å². The molecule has 2 saturated carbocycles. The molecular weight excluding hydrogens is 368 g/mol. The Hall–Kier alpha value is -2.21. The van der Waals surface area contributed by atoms with E-state index in [1.54, 1.807) is 24.7 Å². The fourth-order valence-electron chi connectivity index (χ4n) is 5.33. The monoisotopic (exact) mass is 392 g/mol. The number of fused-ring (bicyclic) bond motifs is 3. The number of benzene rings is 1. The van der Waals surface area contributed by atoms with Crippen molar-refractivity contribution in [1.82, 2.24) is 20.2 Å². The molecule has 2 bridgehead atoms. The maximum Gasteiger partial charge on any atom is 0.185 e. The molecule has 0 unspecified atom stereocenters. The van der Waals surface area contributed by atoms with Crippen LogP contribution in [0.4, 0.5) is 0 Å². The van der Waals surface area contributed by atoms with E-state index in [0.29, 0.717) is 27.5 Å². The normalized spacial score (nSPS) is 29.3. The lowest BCUT2D eigenvalue weighted by atomic mass is 9.71. The number of phenolic OH excluding ortho intramolecular Hbond substituents is 1. The van der Waals surface area contributed by atoms with Crippen molar-refractivity contribution in [2.45, 2.75) is 56.2 Å². The Morgan fingerprint density at radius 3 is 2.54 bits per heavy atom. The molecule has 0 amide bonds. The molecule has 144 valence electrons. The summed E-state index contributed by atoms with van der Waals surface area (Å²) in [5.41, 5.74) is 1.56. The van der Waals surface area contributed by atoms with Gasteiger partial charge < -0.3 is 5.11 Å². The Labute approximate surface area is 169 Å². The summed E-state index contributed by atoms with van der Waals surface area (Å²) in [5.74, 6) is 0.593. The Bertz CT molecular complexity index is 1020. The van der Waals surface area contributed by atoms with E-state index in [1.807, 2.05) is 23.9 Å². The van der Waals surface area contributed by atoms with Crippen molar-refractivity contribution in [2.24, 2.45) is 10.8 Å². The van der Waals surface area contributed by atoms with Gasteiger partial charge in [0, 0.05) is 23.0 Å². The van der Waals surface area contributed by atoms with Gasteiger partial charge in [0.2, 0.25) is 0 Å². The van der Waals surface area contributed by atoms with Crippen LogP contribution in [0.5, 0.6) is 5.75 Å². The smallest absolute Gasteiger partial charge is 0.185 e. The molecule has 5 nitrogen and oxygen atoms in total. The van der Waals surface area contributed by atoms with E-state index in [4.69, 9.17) is 0 Å². The standard InChI is InChI=1S/C22H24N4OS/c1-21-4-5-22(2,13-21)10-16(9-21)28-19-12-24-20(26-25-19)17-7-14-3-6-23-11-15(14)8-18(17)27/h3,6-8,11-12,16,27H,4-5,9-10,13H2,1-2H3/t16-,21-,22+. The predicted molar refractivity (Wildman–Crippen MR) is 111 cm³/mol. The summed E-state index contributed by atoms with van der Waals surface area (Å²) >= 11 is 1.81. The molecular formula is C22H24N4OS. The summed E-state index contributed by atoms with van der Waals surface area (Å²) in [6.45, 7) is 4.88. The second-order valence-corrected chi connectivity index (χ2v) is 10.5. The summed E-state index contributed by atoms with van der Waals surface area (Å²) in [7, 11) is 0. The van der Waals surface area contributed by atoms with Gasteiger partial charge in [0.15, 0.2) is 5.82 Å². The summed E-state index contributed by atoms with van der Waals surface area (Å²) in [4.78, 5) is 8.59. The molecule has 0 spiro atoms. The Morgan fingerprint density at radius 2 is 1.82 bits per heavy atom. The molecule has 2 aliphatic rings. The molecule has 2 fully saturated rings. The molecule has 5 rings (SSSR count). The van der Waals surface area contributed by atoms with Crippen molar-refractivity contribution >= 4 is 22.5 Å². The van der Waals surface area contributed by atoms with E-state index in [2.05, 4.69) is 34.0 Å². The van der Waals surface area contributed by atoms with E-state index in [1.165, 1.54) is 32.1 Å². The third-order valence-electron chi connectivity index (χ3n) is 6.45. The van der Waals surface area contributed by atoms with Crippen LogP contribution in [0.1, 0.15) is 46.0 Å². The highest BCUT2D eigenvalue weighted by atomic mass is 32.2. The topological polar surface area (TPSA) is 71.8 Å². The SMILES string of the molecule is C[C@]12CC[C@](C)(C[C@@H](Sc3cnc(-c4cc5ccncc5cc4O)nn3)C1)C2. The van der Waals surface area contributed by atoms with Crippen LogP contribution in [0.15, 0.2) is 41.8 Å². The average molecular weight is 393 g/mol.